The van der Waals surface area contributed by atoms with Crippen molar-refractivity contribution in [2.75, 3.05) is 19.5 Å². The molecule has 12 nitrogen and oxygen atoms in total. The van der Waals surface area contributed by atoms with E-state index in [1.165, 1.54) is 25.2 Å². The molecule has 2 aromatic heterocycles. The van der Waals surface area contributed by atoms with Crippen LogP contribution in [0.4, 0.5) is 5.82 Å². The number of phosphoric acid groups is 1. The summed E-state index contributed by atoms with van der Waals surface area (Å²) in [6, 6.07) is 7.22. The molecule has 172 valence electrons. The molecule has 5 atom stereocenters. The summed E-state index contributed by atoms with van der Waals surface area (Å²) >= 11 is 7.33. The summed E-state index contributed by atoms with van der Waals surface area (Å²) in [5.74, 6) is 0.203. The Bertz CT molecular complexity index is 1190. The van der Waals surface area contributed by atoms with Crippen LogP contribution in [0.25, 0.3) is 11.2 Å². The number of benzene rings is 1. The summed E-state index contributed by atoms with van der Waals surface area (Å²) in [5, 5.41) is 1.11. The SMILES string of the molecule is CO[C@@H]1[C@@H]2OP(=O)([O-])OC[C@H]2O[C@H]1n1c(Sc2ccc(Cl)cc2)nc2c(N)ncnc21.O.[Na+]. The predicted molar refractivity (Wildman–Crippen MR) is 112 cm³/mol. The summed E-state index contributed by atoms with van der Waals surface area (Å²) in [6.07, 6.45) is -1.78. The molecule has 3 aromatic rings. The molecule has 4 heterocycles. The Hall–Kier alpha value is -0.800. The number of rotatable bonds is 4. The van der Waals surface area contributed by atoms with Gasteiger partial charge in [-0.15, -0.1) is 0 Å². The zero-order valence-electron chi connectivity index (χ0n) is 17.5. The Kier molecular flexibility index (Phi) is 8.48. The molecule has 2 aliphatic heterocycles. The van der Waals surface area contributed by atoms with Crippen molar-refractivity contribution in [1.82, 2.24) is 19.5 Å². The van der Waals surface area contributed by atoms with Gasteiger partial charge in [0.2, 0.25) is 0 Å². The van der Waals surface area contributed by atoms with Crippen molar-refractivity contribution in [3.05, 3.63) is 35.6 Å². The molecule has 0 radical (unpaired) electrons. The average molecular weight is 526 g/mol. The third-order valence-corrected chi connectivity index (χ3v) is 7.15. The third-order valence-electron chi connectivity index (χ3n) is 4.96. The van der Waals surface area contributed by atoms with Gasteiger partial charge in [0.25, 0.3) is 7.82 Å². The summed E-state index contributed by atoms with van der Waals surface area (Å²) in [6.45, 7) is -0.175. The average Bonchev–Trinajstić information content (AvgIpc) is 3.26. The van der Waals surface area contributed by atoms with Crippen LogP contribution in [-0.2, 0) is 23.1 Å². The Balaban J connectivity index is 0.00000153. The number of hydrogen-bond acceptors (Lipinski definition) is 11. The van der Waals surface area contributed by atoms with Crippen LogP contribution in [0.1, 0.15) is 6.23 Å². The molecule has 2 fully saturated rings. The largest absolute Gasteiger partial charge is 1.00 e. The fraction of sp³-hybridized carbons (Fsp3) is 0.353. The first kappa shape index (κ1) is 26.8. The van der Waals surface area contributed by atoms with E-state index in [2.05, 4.69) is 15.0 Å². The quantitative estimate of drug-likeness (QED) is 0.300. The van der Waals surface area contributed by atoms with Gasteiger partial charge in [0.05, 0.1) is 6.61 Å². The van der Waals surface area contributed by atoms with Crippen molar-refractivity contribution in [2.45, 2.75) is 34.6 Å². The van der Waals surface area contributed by atoms with Crippen LogP contribution in [-0.4, -0.2) is 57.0 Å². The Morgan fingerprint density at radius 3 is 2.76 bits per heavy atom. The first-order valence-electron chi connectivity index (χ1n) is 9.10. The summed E-state index contributed by atoms with van der Waals surface area (Å²) in [7, 11) is -2.99. The van der Waals surface area contributed by atoms with Gasteiger partial charge in [0, 0.05) is 17.0 Å². The molecule has 0 spiro atoms. The molecule has 2 saturated heterocycles. The van der Waals surface area contributed by atoms with Crippen molar-refractivity contribution in [3.63, 3.8) is 0 Å². The van der Waals surface area contributed by atoms with Crippen molar-refractivity contribution in [3.8, 4) is 0 Å². The van der Waals surface area contributed by atoms with Gasteiger partial charge in [-0.3, -0.25) is 9.13 Å². The van der Waals surface area contributed by atoms with Crippen LogP contribution in [0.15, 0.2) is 40.6 Å². The number of ether oxygens (including phenoxy) is 2. The van der Waals surface area contributed by atoms with Crippen molar-refractivity contribution < 1.29 is 63.0 Å². The number of halogens is 1. The van der Waals surface area contributed by atoms with E-state index >= 15 is 0 Å². The number of aromatic nitrogens is 4. The Morgan fingerprint density at radius 1 is 1.33 bits per heavy atom. The maximum Gasteiger partial charge on any atom is 1.00 e. The maximum absolute atomic E-state index is 11.8. The smallest absolute Gasteiger partial charge is 0.756 e. The minimum Gasteiger partial charge on any atom is -0.756 e. The van der Waals surface area contributed by atoms with Crippen LogP contribution < -0.4 is 40.2 Å². The molecular formula is C17H18ClN5NaO7PS. The van der Waals surface area contributed by atoms with E-state index in [9.17, 15) is 9.46 Å². The van der Waals surface area contributed by atoms with Crippen LogP contribution in [0.3, 0.4) is 0 Å². The van der Waals surface area contributed by atoms with Gasteiger partial charge in [-0.2, -0.15) is 0 Å². The summed E-state index contributed by atoms with van der Waals surface area (Å²) in [5.41, 5.74) is 6.83. The second-order valence-corrected chi connectivity index (χ2v) is 9.67. The third kappa shape index (κ3) is 5.10. The van der Waals surface area contributed by atoms with E-state index < -0.39 is 32.4 Å². The molecule has 16 heteroatoms. The molecule has 33 heavy (non-hydrogen) atoms. The molecule has 5 rings (SSSR count). The van der Waals surface area contributed by atoms with Gasteiger partial charge in [-0.05, 0) is 24.3 Å². The second-order valence-electron chi connectivity index (χ2n) is 6.83. The van der Waals surface area contributed by atoms with E-state index in [1.807, 2.05) is 12.1 Å². The molecule has 0 saturated carbocycles. The molecule has 4 N–H and O–H groups in total. The number of nitrogens with two attached hydrogens (primary N) is 1. The first-order valence-corrected chi connectivity index (χ1v) is 11.8. The normalized spacial score (nSPS) is 28.7. The number of nitrogen functional groups attached to an aromatic ring is 1. The zero-order chi connectivity index (χ0) is 21.8. The summed E-state index contributed by atoms with van der Waals surface area (Å²) < 4.78 is 35.2. The molecule has 1 unspecified atom stereocenters. The number of fused-ring (bicyclic) bond motifs is 2. The monoisotopic (exact) mass is 525 g/mol. The fourth-order valence-corrected chi connectivity index (χ4v) is 5.57. The standard InChI is InChI=1S/C17H17ClN5O6PS.Na.H2O/c1-26-13-12-10(6-27-30(24,25)29-12)28-16(13)23-15-11(14(19)20-7-21-15)22-17(23)31-9-4-2-8(18)3-5-9;;/h2-5,7,10,12-13,16H,6H2,1H3,(H,24,25)(H2,19,20,21);;1H2/q;+1;/p-1/t10-,12-,13-,16-;;/m1../s1. The van der Waals surface area contributed by atoms with E-state index in [1.54, 1.807) is 16.7 Å². The zero-order valence-corrected chi connectivity index (χ0v) is 21.9. The van der Waals surface area contributed by atoms with E-state index in [0.29, 0.717) is 21.3 Å². The molecular weight excluding hydrogens is 508 g/mol. The number of nitrogens with zero attached hydrogens (tertiary/aromatic N) is 4. The van der Waals surface area contributed by atoms with Gasteiger partial charge in [-0.1, -0.05) is 23.4 Å². The van der Waals surface area contributed by atoms with E-state index in [4.69, 9.17) is 35.9 Å². The van der Waals surface area contributed by atoms with Crippen molar-refractivity contribution in [2.24, 2.45) is 0 Å². The summed E-state index contributed by atoms with van der Waals surface area (Å²) in [4.78, 5) is 25.6. The molecule has 0 amide bonds. The van der Waals surface area contributed by atoms with Crippen molar-refractivity contribution in [1.29, 1.82) is 0 Å². The van der Waals surface area contributed by atoms with Gasteiger partial charge in [0.1, 0.15) is 24.6 Å². The minimum absolute atomic E-state index is 0. The van der Waals surface area contributed by atoms with Crippen LogP contribution in [0.2, 0.25) is 5.02 Å². The minimum atomic E-state index is -4.44. The molecule has 1 aromatic carbocycles. The van der Waals surface area contributed by atoms with Crippen LogP contribution in [0.5, 0.6) is 0 Å². The number of hydrogen-bond donors (Lipinski definition) is 1. The molecule has 0 bridgehead atoms. The Morgan fingerprint density at radius 2 is 2.06 bits per heavy atom. The number of anilines is 1. The number of phosphoric ester groups is 1. The Labute approximate surface area is 219 Å². The molecule has 2 aliphatic rings. The van der Waals surface area contributed by atoms with Crippen LogP contribution >= 0.6 is 31.2 Å². The molecule has 0 aliphatic carbocycles. The van der Waals surface area contributed by atoms with Crippen LogP contribution in [0, 0.1) is 0 Å². The van der Waals surface area contributed by atoms with Gasteiger partial charge >= 0.3 is 29.6 Å². The fourth-order valence-electron chi connectivity index (χ4n) is 3.59. The van der Waals surface area contributed by atoms with Gasteiger partial charge < -0.3 is 34.6 Å². The maximum atomic E-state index is 11.8. The number of imidazole rings is 1. The van der Waals surface area contributed by atoms with Gasteiger partial charge in [0.15, 0.2) is 28.4 Å². The number of methoxy groups -OCH3 is 1. The van der Waals surface area contributed by atoms with E-state index in [0.717, 1.165) is 4.90 Å². The van der Waals surface area contributed by atoms with Crippen molar-refractivity contribution >= 4 is 48.2 Å². The van der Waals surface area contributed by atoms with Gasteiger partial charge in [-0.25, -0.2) is 15.0 Å². The second kappa shape index (κ2) is 10.4. The topological polar surface area (TPSA) is 178 Å². The predicted octanol–water partition coefficient (Wildman–Crippen LogP) is -1.81. The first-order chi connectivity index (χ1) is 14.9. The van der Waals surface area contributed by atoms with E-state index in [-0.39, 0.29) is 47.5 Å².